The van der Waals surface area contributed by atoms with E-state index in [4.69, 9.17) is 0 Å². The molecule has 0 aliphatic heterocycles. The Bertz CT molecular complexity index is 1640. The molecule has 0 saturated heterocycles. The molecule has 1 N–H and O–H groups in total. The SMILES string of the molecule is O=[N+]([O-])c1ccccc1S(=O)(=O)Nc1cccc(-c2ccc3nnc(-c4ccccn4)n3n2)c1. The fourth-order valence-electron chi connectivity index (χ4n) is 3.38. The Morgan fingerprint density at radius 1 is 0.882 bits per heavy atom. The van der Waals surface area contributed by atoms with Gasteiger partial charge in [0.2, 0.25) is 5.82 Å². The van der Waals surface area contributed by atoms with E-state index in [0.29, 0.717) is 28.4 Å². The zero-order chi connectivity index (χ0) is 23.7. The fourth-order valence-corrected chi connectivity index (χ4v) is 4.61. The number of nitrogens with one attached hydrogen (secondary N) is 1. The molecule has 2 aromatic carbocycles. The number of fused-ring (bicyclic) bond motifs is 1. The Morgan fingerprint density at radius 2 is 1.71 bits per heavy atom. The molecule has 0 aliphatic carbocycles. The summed E-state index contributed by atoms with van der Waals surface area (Å²) < 4.78 is 29.7. The lowest BCUT2D eigenvalue weighted by Gasteiger charge is -2.10. The highest BCUT2D eigenvalue weighted by atomic mass is 32.2. The summed E-state index contributed by atoms with van der Waals surface area (Å²) >= 11 is 0. The second-order valence-electron chi connectivity index (χ2n) is 7.14. The molecule has 0 amide bonds. The van der Waals surface area contributed by atoms with Crippen LogP contribution in [-0.2, 0) is 10.0 Å². The molecular formula is C22H15N7O4S. The van der Waals surface area contributed by atoms with Crippen molar-refractivity contribution in [3.05, 3.63) is 95.2 Å². The predicted octanol–water partition coefficient (Wildman–Crippen LogP) is 3.56. The highest BCUT2D eigenvalue weighted by Gasteiger charge is 2.25. The van der Waals surface area contributed by atoms with Gasteiger partial charge in [-0.25, -0.2) is 8.42 Å². The molecule has 0 fully saturated rings. The van der Waals surface area contributed by atoms with Crippen LogP contribution in [0.4, 0.5) is 11.4 Å². The molecule has 3 heterocycles. The number of rotatable bonds is 6. The molecule has 11 nitrogen and oxygen atoms in total. The molecule has 5 rings (SSSR count). The number of para-hydroxylation sites is 1. The summed E-state index contributed by atoms with van der Waals surface area (Å²) in [5, 5.41) is 24.1. The van der Waals surface area contributed by atoms with Crippen LogP contribution >= 0.6 is 0 Å². The standard InChI is InChI=1S/C22H15N7O4S/c30-29(31)19-9-1-2-10-20(19)34(32,33)27-16-7-5-6-15(14-16)17-11-12-21-24-25-22(28(21)26-17)18-8-3-4-13-23-18/h1-14,27H. The Morgan fingerprint density at radius 3 is 2.50 bits per heavy atom. The number of hydrogen-bond acceptors (Lipinski definition) is 8. The number of sulfonamides is 1. The second-order valence-corrected chi connectivity index (χ2v) is 8.79. The molecule has 0 unspecified atom stereocenters. The average molecular weight is 473 g/mol. The maximum Gasteiger partial charge on any atom is 0.289 e. The van der Waals surface area contributed by atoms with Crippen molar-refractivity contribution in [2.75, 3.05) is 4.72 Å². The highest BCUT2D eigenvalue weighted by Crippen LogP contribution is 2.27. The van der Waals surface area contributed by atoms with Gasteiger partial charge in [-0.3, -0.25) is 19.8 Å². The van der Waals surface area contributed by atoms with Gasteiger partial charge in [0.15, 0.2) is 10.5 Å². The summed E-state index contributed by atoms with van der Waals surface area (Å²) in [7, 11) is -4.20. The molecule has 3 aromatic heterocycles. The van der Waals surface area contributed by atoms with Gasteiger partial charge in [-0.1, -0.05) is 30.3 Å². The predicted molar refractivity (Wildman–Crippen MR) is 123 cm³/mol. The summed E-state index contributed by atoms with van der Waals surface area (Å²) in [5.41, 5.74) is 2.00. The zero-order valence-electron chi connectivity index (χ0n) is 17.3. The third-order valence-corrected chi connectivity index (χ3v) is 6.35. The number of nitrogens with zero attached hydrogens (tertiary/aromatic N) is 6. The van der Waals surface area contributed by atoms with Crippen LogP contribution < -0.4 is 4.72 Å². The van der Waals surface area contributed by atoms with E-state index >= 15 is 0 Å². The van der Waals surface area contributed by atoms with Crippen molar-refractivity contribution in [3.8, 4) is 22.8 Å². The lowest BCUT2D eigenvalue weighted by molar-refractivity contribution is -0.387. The first-order valence-electron chi connectivity index (χ1n) is 9.93. The molecule has 0 spiro atoms. The zero-order valence-corrected chi connectivity index (χ0v) is 18.1. The summed E-state index contributed by atoms with van der Waals surface area (Å²) in [5.74, 6) is 0.464. The van der Waals surface area contributed by atoms with Gasteiger partial charge in [-0.05, 0) is 42.5 Å². The molecule has 168 valence electrons. The Labute approximate surface area is 192 Å². The van der Waals surface area contributed by atoms with Gasteiger partial charge < -0.3 is 0 Å². The van der Waals surface area contributed by atoms with E-state index in [-0.39, 0.29) is 5.69 Å². The van der Waals surface area contributed by atoms with E-state index in [2.05, 4.69) is 25.0 Å². The largest absolute Gasteiger partial charge is 0.289 e. The molecule has 5 aromatic rings. The van der Waals surface area contributed by atoms with E-state index in [1.54, 1.807) is 59.2 Å². The van der Waals surface area contributed by atoms with Crippen molar-refractivity contribution < 1.29 is 13.3 Å². The lowest BCUT2D eigenvalue weighted by Crippen LogP contribution is -2.14. The van der Waals surface area contributed by atoms with Gasteiger partial charge in [-0.2, -0.15) is 9.61 Å². The lowest BCUT2D eigenvalue weighted by atomic mass is 10.1. The van der Waals surface area contributed by atoms with E-state index in [1.165, 1.54) is 18.2 Å². The molecule has 0 radical (unpaired) electrons. The molecule has 0 aliphatic rings. The normalized spacial score (nSPS) is 11.4. The van der Waals surface area contributed by atoms with Crippen molar-refractivity contribution >= 4 is 27.0 Å². The number of nitro groups is 1. The summed E-state index contributed by atoms with van der Waals surface area (Å²) in [6.07, 6.45) is 1.65. The van der Waals surface area contributed by atoms with Gasteiger partial charge >= 0.3 is 0 Å². The number of benzene rings is 2. The molecule has 0 saturated carbocycles. The number of anilines is 1. The average Bonchev–Trinajstić information content (AvgIpc) is 3.28. The Kier molecular flexibility index (Phi) is 5.18. The first kappa shape index (κ1) is 21.2. The summed E-state index contributed by atoms with van der Waals surface area (Å²) in [6, 6.07) is 20.6. The van der Waals surface area contributed by atoms with Crippen molar-refractivity contribution in [3.63, 3.8) is 0 Å². The molecule has 0 bridgehead atoms. The van der Waals surface area contributed by atoms with Crippen molar-refractivity contribution in [2.24, 2.45) is 0 Å². The van der Waals surface area contributed by atoms with Crippen LogP contribution in [0, 0.1) is 10.1 Å². The maximum atomic E-state index is 12.9. The van der Waals surface area contributed by atoms with Gasteiger partial charge in [-0.15, -0.1) is 10.2 Å². The smallest absolute Gasteiger partial charge is 0.279 e. The first-order valence-corrected chi connectivity index (χ1v) is 11.4. The van der Waals surface area contributed by atoms with E-state index in [9.17, 15) is 18.5 Å². The van der Waals surface area contributed by atoms with E-state index in [0.717, 1.165) is 6.07 Å². The quantitative estimate of drug-likeness (QED) is 0.291. The molecule has 34 heavy (non-hydrogen) atoms. The third-order valence-electron chi connectivity index (χ3n) is 4.92. The fraction of sp³-hybridized carbons (Fsp3) is 0. The van der Waals surface area contributed by atoms with Crippen molar-refractivity contribution in [2.45, 2.75) is 4.90 Å². The van der Waals surface area contributed by atoms with Crippen LogP contribution in [0.3, 0.4) is 0 Å². The Balaban J connectivity index is 1.51. The van der Waals surface area contributed by atoms with Crippen molar-refractivity contribution in [1.29, 1.82) is 0 Å². The van der Waals surface area contributed by atoms with Gasteiger partial charge in [0.1, 0.15) is 5.69 Å². The monoisotopic (exact) mass is 473 g/mol. The Hall–Kier alpha value is -4.71. The molecule has 12 heteroatoms. The minimum Gasteiger partial charge on any atom is -0.279 e. The van der Waals surface area contributed by atoms with Crippen LogP contribution in [0.2, 0.25) is 0 Å². The molecule has 0 atom stereocenters. The summed E-state index contributed by atoms with van der Waals surface area (Å²) in [6.45, 7) is 0. The molecular weight excluding hydrogens is 458 g/mol. The van der Waals surface area contributed by atoms with Gasteiger partial charge in [0.25, 0.3) is 15.7 Å². The van der Waals surface area contributed by atoms with Crippen LogP contribution in [0.15, 0.2) is 90.0 Å². The van der Waals surface area contributed by atoms with Crippen LogP contribution in [0.5, 0.6) is 0 Å². The number of aromatic nitrogens is 5. The number of pyridine rings is 1. The summed E-state index contributed by atoms with van der Waals surface area (Å²) in [4.78, 5) is 14.4. The van der Waals surface area contributed by atoms with E-state index in [1.807, 2.05) is 6.07 Å². The van der Waals surface area contributed by atoms with Crippen molar-refractivity contribution in [1.82, 2.24) is 24.8 Å². The van der Waals surface area contributed by atoms with Crippen LogP contribution in [-0.4, -0.2) is 38.1 Å². The van der Waals surface area contributed by atoms with Gasteiger partial charge in [0, 0.05) is 23.5 Å². The second kappa shape index (κ2) is 8.33. The topological polar surface area (TPSA) is 145 Å². The highest BCUT2D eigenvalue weighted by molar-refractivity contribution is 7.92. The van der Waals surface area contributed by atoms with Crippen LogP contribution in [0.25, 0.3) is 28.4 Å². The third kappa shape index (κ3) is 3.93. The van der Waals surface area contributed by atoms with Crippen LogP contribution in [0.1, 0.15) is 0 Å². The van der Waals surface area contributed by atoms with Gasteiger partial charge in [0.05, 0.1) is 10.6 Å². The minimum atomic E-state index is -4.20. The number of nitro benzene ring substituents is 1. The minimum absolute atomic E-state index is 0.228. The first-order chi connectivity index (χ1) is 16.4. The number of hydrogen-bond donors (Lipinski definition) is 1. The maximum absolute atomic E-state index is 12.9. The van der Waals surface area contributed by atoms with E-state index < -0.39 is 25.5 Å².